The maximum Gasteiger partial charge on any atom is 0.00526 e. The summed E-state index contributed by atoms with van der Waals surface area (Å²) < 4.78 is 0. The topological polar surface area (TPSA) is 0 Å². The van der Waals surface area contributed by atoms with Gasteiger partial charge in [0.2, 0.25) is 0 Å². The summed E-state index contributed by atoms with van der Waals surface area (Å²) in [7, 11) is 0. The molecule has 0 saturated heterocycles. The van der Waals surface area contributed by atoms with E-state index >= 15 is 0 Å². The molecule has 0 spiro atoms. The summed E-state index contributed by atoms with van der Waals surface area (Å²) in [4.78, 5) is 0. The van der Waals surface area contributed by atoms with Crippen LogP contribution in [0.1, 0.15) is 6.42 Å². The highest BCUT2D eigenvalue weighted by Gasteiger charge is 2.21. The van der Waals surface area contributed by atoms with E-state index in [1.54, 1.807) is 5.57 Å². The Hall–Kier alpha value is -0.520. The zero-order valence-corrected chi connectivity index (χ0v) is 3.52. The van der Waals surface area contributed by atoms with Crippen molar-refractivity contribution in [3.63, 3.8) is 0 Å². The lowest BCUT2D eigenvalue weighted by Crippen LogP contribution is -2.14. The maximum atomic E-state index is 2.28. The molecule has 0 aromatic carbocycles. The van der Waals surface area contributed by atoms with Gasteiger partial charge in [0.05, 0.1) is 0 Å². The highest BCUT2D eigenvalue weighted by Crippen LogP contribution is 2.36. The Labute approximate surface area is 37.2 Å². The van der Waals surface area contributed by atoms with Gasteiger partial charge in [0.15, 0.2) is 0 Å². The molecule has 0 aromatic rings. The lowest BCUT2D eigenvalue weighted by molar-refractivity contribution is 0.674. The molecular formula is C6H6. The van der Waals surface area contributed by atoms with Crippen LogP contribution >= 0.6 is 0 Å². The van der Waals surface area contributed by atoms with Gasteiger partial charge in [-0.1, -0.05) is 18.2 Å². The normalized spacial score (nSPS) is 36.0. The van der Waals surface area contributed by atoms with E-state index in [-0.39, 0.29) is 0 Å². The van der Waals surface area contributed by atoms with Crippen molar-refractivity contribution in [3.05, 3.63) is 23.8 Å². The van der Waals surface area contributed by atoms with E-state index in [0.717, 1.165) is 5.92 Å². The van der Waals surface area contributed by atoms with Crippen LogP contribution in [-0.4, -0.2) is 0 Å². The standard InChI is InChI=1S/C6H6/c1-2-6-4-3-5(1)6/h1-3,6H,4H2. The molecule has 2 rings (SSSR count). The molecular weight excluding hydrogens is 72.1 g/mol. The molecule has 0 fully saturated rings. The van der Waals surface area contributed by atoms with Crippen LogP contribution < -0.4 is 0 Å². The lowest BCUT2D eigenvalue weighted by atomic mass is 9.77. The first-order valence-electron chi connectivity index (χ1n) is 2.35. The third-order valence-corrected chi connectivity index (χ3v) is 1.56. The molecule has 2 aliphatic rings. The number of hydrogen-bond donors (Lipinski definition) is 0. The summed E-state index contributed by atoms with van der Waals surface area (Å²) >= 11 is 0. The maximum absolute atomic E-state index is 2.28. The van der Waals surface area contributed by atoms with Crippen molar-refractivity contribution in [3.8, 4) is 0 Å². The molecule has 0 heteroatoms. The highest BCUT2D eigenvalue weighted by molar-refractivity contribution is 5.42. The molecule has 1 atom stereocenters. The summed E-state index contributed by atoms with van der Waals surface area (Å²) in [5.41, 5.74) is 1.56. The lowest BCUT2D eigenvalue weighted by Gasteiger charge is -2.28. The monoisotopic (exact) mass is 78.0 g/mol. The quantitative estimate of drug-likeness (QED) is 0.412. The summed E-state index contributed by atoms with van der Waals surface area (Å²) in [6.45, 7) is 0. The van der Waals surface area contributed by atoms with Crippen molar-refractivity contribution in [1.82, 2.24) is 0 Å². The van der Waals surface area contributed by atoms with Crippen molar-refractivity contribution < 1.29 is 0 Å². The van der Waals surface area contributed by atoms with Crippen LogP contribution in [0, 0.1) is 5.92 Å². The number of allylic oxidation sites excluding steroid dienone is 4. The van der Waals surface area contributed by atoms with Crippen LogP contribution in [0.25, 0.3) is 0 Å². The Morgan fingerprint density at radius 3 is 2.50 bits per heavy atom. The zero-order valence-electron chi connectivity index (χ0n) is 3.52. The fraction of sp³-hybridized carbons (Fsp3) is 0.333. The van der Waals surface area contributed by atoms with Crippen LogP contribution in [0.5, 0.6) is 0 Å². The second-order valence-corrected chi connectivity index (χ2v) is 1.91. The van der Waals surface area contributed by atoms with Crippen LogP contribution in [0.3, 0.4) is 0 Å². The number of hydrogen-bond acceptors (Lipinski definition) is 0. The van der Waals surface area contributed by atoms with E-state index in [2.05, 4.69) is 18.2 Å². The molecule has 2 aliphatic carbocycles. The second-order valence-electron chi connectivity index (χ2n) is 1.91. The minimum Gasteiger partial charge on any atom is -0.0798 e. The van der Waals surface area contributed by atoms with Crippen LogP contribution in [0.2, 0.25) is 0 Å². The molecule has 1 unspecified atom stereocenters. The summed E-state index contributed by atoms with van der Waals surface area (Å²) in [6, 6.07) is 0. The van der Waals surface area contributed by atoms with Crippen molar-refractivity contribution >= 4 is 0 Å². The van der Waals surface area contributed by atoms with E-state index in [9.17, 15) is 0 Å². The molecule has 0 nitrogen and oxygen atoms in total. The third-order valence-electron chi connectivity index (χ3n) is 1.56. The van der Waals surface area contributed by atoms with E-state index in [0.29, 0.717) is 0 Å². The van der Waals surface area contributed by atoms with Crippen molar-refractivity contribution in [2.75, 3.05) is 0 Å². The van der Waals surface area contributed by atoms with E-state index in [4.69, 9.17) is 0 Å². The highest BCUT2D eigenvalue weighted by atomic mass is 14.3. The summed E-state index contributed by atoms with van der Waals surface area (Å²) in [5.74, 6) is 0.894. The smallest absolute Gasteiger partial charge is 0.00526 e. The zero-order chi connectivity index (χ0) is 3.98. The van der Waals surface area contributed by atoms with E-state index in [1.165, 1.54) is 6.42 Å². The van der Waals surface area contributed by atoms with Gasteiger partial charge in [-0.05, 0) is 12.0 Å². The molecule has 6 heavy (non-hydrogen) atoms. The minimum atomic E-state index is 0.894. The molecule has 0 aliphatic heterocycles. The molecule has 0 aromatic heterocycles. The first-order valence-corrected chi connectivity index (χ1v) is 2.35. The van der Waals surface area contributed by atoms with Gasteiger partial charge in [0.1, 0.15) is 0 Å². The van der Waals surface area contributed by atoms with E-state index in [1.807, 2.05) is 0 Å². The Balaban J connectivity index is 2.53. The minimum absolute atomic E-state index is 0.894. The van der Waals surface area contributed by atoms with Gasteiger partial charge >= 0.3 is 0 Å². The number of fused-ring (bicyclic) bond motifs is 1. The summed E-state index contributed by atoms with van der Waals surface area (Å²) in [5, 5.41) is 0. The SMILES string of the molecule is C1=CC2CC=C12. The fourth-order valence-electron chi connectivity index (χ4n) is 0.880. The second kappa shape index (κ2) is 0.604. The van der Waals surface area contributed by atoms with Crippen molar-refractivity contribution in [2.45, 2.75) is 6.42 Å². The van der Waals surface area contributed by atoms with Crippen molar-refractivity contribution in [1.29, 1.82) is 0 Å². The average molecular weight is 78.1 g/mol. The van der Waals surface area contributed by atoms with Crippen LogP contribution in [-0.2, 0) is 0 Å². The summed E-state index contributed by atoms with van der Waals surface area (Å²) in [6.07, 6.45) is 8.04. The molecule has 0 radical (unpaired) electrons. The Kier molecular flexibility index (Phi) is 0.264. The predicted octanol–water partition coefficient (Wildman–Crippen LogP) is 1.50. The molecule has 0 heterocycles. The third kappa shape index (κ3) is 0.118. The molecule has 30 valence electrons. The molecule has 0 N–H and O–H groups in total. The Bertz CT molecular complexity index is 129. The molecule has 0 amide bonds. The van der Waals surface area contributed by atoms with E-state index < -0.39 is 0 Å². The van der Waals surface area contributed by atoms with Gasteiger partial charge in [-0.2, -0.15) is 0 Å². The van der Waals surface area contributed by atoms with Crippen molar-refractivity contribution in [2.24, 2.45) is 5.92 Å². The molecule has 0 saturated carbocycles. The largest absolute Gasteiger partial charge is 0.0798 e. The van der Waals surface area contributed by atoms with Crippen LogP contribution in [0.15, 0.2) is 23.8 Å². The van der Waals surface area contributed by atoms with Crippen LogP contribution in [0.4, 0.5) is 0 Å². The Morgan fingerprint density at radius 1 is 1.67 bits per heavy atom. The molecule has 0 bridgehead atoms. The van der Waals surface area contributed by atoms with Gasteiger partial charge in [0.25, 0.3) is 0 Å². The van der Waals surface area contributed by atoms with Gasteiger partial charge in [-0.25, -0.2) is 0 Å². The van der Waals surface area contributed by atoms with Gasteiger partial charge in [0, 0.05) is 5.92 Å². The fourth-order valence-corrected chi connectivity index (χ4v) is 0.880. The van der Waals surface area contributed by atoms with Gasteiger partial charge < -0.3 is 0 Å². The first-order chi connectivity index (χ1) is 2.97. The first kappa shape index (κ1) is 2.62. The average Bonchev–Trinajstić information content (AvgIpc) is 1.54. The van der Waals surface area contributed by atoms with Gasteiger partial charge in [-0.3, -0.25) is 0 Å². The Morgan fingerprint density at radius 2 is 2.50 bits per heavy atom. The predicted molar refractivity (Wildman–Crippen MR) is 25.3 cm³/mol. The van der Waals surface area contributed by atoms with Gasteiger partial charge in [-0.15, -0.1) is 0 Å². The number of rotatable bonds is 0.